The highest BCUT2D eigenvalue weighted by Crippen LogP contribution is 2.20. The van der Waals surface area contributed by atoms with E-state index in [1.54, 1.807) is 22.8 Å². The van der Waals surface area contributed by atoms with Crippen LogP contribution in [-0.4, -0.2) is 34.2 Å². The van der Waals surface area contributed by atoms with Crippen molar-refractivity contribution in [3.05, 3.63) is 52.8 Å². The Bertz CT molecular complexity index is 641. The number of aromatic nitrogens is 2. The third-order valence-electron chi connectivity index (χ3n) is 3.61. The van der Waals surface area contributed by atoms with Gasteiger partial charge in [-0.05, 0) is 25.6 Å². The highest BCUT2D eigenvalue weighted by atomic mass is 35.5. The molecule has 6 heteroatoms. The van der Waals surface area contributed by atoms with Gasteiger partial charge in [-0.2, -0.15) is 5.10 Å². The molecule has 0 spiro atoms. The van der Waals surface area contributed by atoms with Crippen LogP contribution in [0.4, 0.5) is 0 Å². The summed E-state index contributed by atoms with van der Waals surface area (Å²) in [7, 11) is 3.61. The quantitative estimate of drug-likeness (QED) is 0.889. The van der Waals surface area contributed by atoms with Crippen molar-refractivity contribution in [1.82, 2.24) is 20.0 Å². The summed E-state index contributed by atoms with van der Waals surface area (Å²) >= 11 is 6.20. The number of nitrogens with one attached hydrogen (secondary N) is 1. The maximum atomic E-state index is 12.8. The summed E-state index contributed by atoms with van der Waals surface area (Å²) in [5.41, 5.74) is 1.80. The lowest BCUT2D eigenvalue weighted by molar-refractivity contribution is -0.133. The average molecular weight is 321 g/mol. The fourth-order valence-corrected chi connectivity index (χ4v) is 2.58. The molecule has 1 atom stereocenters. The molecule has 0 aliphatic rings. The van der Waals surface area contributed by atoms with Gasteiger partial charge in [-0.3, -0.25) is 9.48 Å². The Morgan fingerprint density at radius 2 is 2.18 bits per heavy atom. The normalized spacial score (nSPS) is 12.2. The number of amides is 1. The minimum Gasteiger partial charge on any atom is -0.337 e. The highest BCUT2D eigenvalue weighted by Gasteiger charge is 2.25. The van der Waals surface area contributed by atoms with Gasteiger partial charge in [0.25, 0.3) is 0 Å². The molecule has 5 nitrogen and oxygen atoms in total. The second kappa shape index (κ2) is 7.42. The van der Waals surface area contributed by atoms with Gasteiger partial charge in [0.2, 0.25) is 5.91 Å². The van der Waals surface area contributed by atoms with Gasteiger partial charge < -0.3 is 10.2 Å². The van der Waals surface area contributed by atoms with E-state index in [0.29, 0.717) is 18.1 Å². The molecular weight excluding hydrogens is 300 g/mol. The maximum Gasteiger partial charge on any atom is 0.244 e. The smallest absolute Gasteiger partial charge is 0.244 e. The number of likely N-dealkylation sites (N-methyl/N-ethyl adjacent to an activating group) is 2. The second-order valence-electron chi connectivity index (χ2n) is 5.11. The van der Waals surface area contributed by atoms with Gasteiger partial charge in [0, 0.05) is 36.9 Å². The Balaban J connectivity index is 2.18. The van der Waals surface area contributed by atoms with Crippen LogP contribution in [-0.2, 0) is 18.4 Å². The number of benzene rings is 1. The molecule has 0 aliphatic heterocycles. The maximum absolute atomic E-state index is 12.8. The molecule has 1 aromatic heterocycles. The summed E-state index contributed by atoms with van der Waals surface area (Å²) in [6, 6.07) is 7.19. The molecule has 0 bridgehead atoms. The third-order valence-corrected chi connectivity index (χ3v) is 3.97. The molecular formula is C16H21ClN4O. The zero-order chi connectivity index (χ0) is 16.1. The summed E-state index contributed by atoms with van der Waals surface area (Å²) in [4.78, 5) is 14.6. The van der Waals surface area contributed by atoms with Gasteiger partial charge in [-0.1, -0.05) is 29.8 Å². The van der Waals surface area contributed by atoms with Crippen molar-refractivity contribution < 1.29 is 4.79 Å². The van der Waals surface area contributed by atoms with E-state index < -0.39 is 6.04 Å². The van der Waals surface area contributed by atoms with Crippen LogP contribution in [0.25, 0.3) is 0 Å². The van der Waals surface area contributed by atoms with Crippen molar-refractivity contribution in [1.29, 1.82) is 0 Å². The molecule has 1 heterocycles. The minimum atomic E-state index is -0.406. The van der Waals surface area contributed by atoms with Crippen molar-refractivity contribution in [3.63, 3.8) is 0 Å². The lowest BCUT2D eigenvalue weighted by atomic mass is 10.1. The van der Waals surface area contributed by atoms with E-state index >= 15 is 0 Å². The Morgan fingerprint density at radius 1 is 1.45 bits per heavy atom. The molecule has 0 saturated carbocycles. The molecule has 118 valence electrons. The van der Waals surface area contributed by atoms with Gasteiger partial charge in [-0.25, -0.2) is 0 Å². The van der Waals surface area contributed by atoms with E-state index in [1.807, 2.05) is 44.4 Å². The summed E-state index contributed by atoms with van der Waals surface area (Å²) in [6.45, 7) is 3.07. The number of carbonyl (C=O) groups excluding carboxylic acids is 1. The molecule has 1 N–H and O–H groups in total. The molecule has 1 aromatic carbocycles. The standard InChI is InChI=1S/C16H21ClN4O/c1-4-21(11-12-7-5-6-8-14(12)17)16(22)15(18-2)13-9-19-20(3)10-13/h5-10,15,18H,4,11H2,1-3H3. The third kappa shape index (κ3) is 3.67. The molecule has 22 heavy (non-hydrogen) atoms. The molecule has 1 amide bonds. The van der Waals surface area contributed by atoms with Crippen LogP contribution < -0.4 is 5.32 Å². The van der Waals surface area contributed by atoms with E-state index in [-0.39, 0.29) is 5.91 Å². The van der Waals surface area contributed by atoms with E-state index in [9.17, 15) is 4.79 Å². The van der Waals surface area contributed by atoms with E-state index in [0.717, 1.165) is 11.1 Å². The number of rotatable bonds is 6. The second-order valence-corrected chi connectivity index (χ2v) is 5.52. The lowest BCUT2D eigenvalue weighted by Crippen LogP contribution is -2.39. The number of halogens is 1. The SMILES string of the molecule is CCN(Cc1ccccc1Cl)C(=O)C(NC)c1cnn(C)c1. The molecule has 0 radical (unpaired) electrons. The number of aryl methyl sites for hydroxylation is 1. The fourth-order valence-electron chi connectivity index (χ4n) is 2.38. The molecule has 0 aliphatic carbocycles. The summed E-state index contributed by atoms with van der Waals surface area (Å²) < 4.78 is 1.69. The predicted molar refractivity (Wildman–Crippen MR) is 87.6 cm³/mol. The van der Waals surface area contributed by atoms with Crippen molar-refractivity contribution in [2.24, 2.45) is 7.05 Å². The predicted octanol–water partition coefficient (Wildman–Crippen LogP) is 2.38. The first kappa shape index (κ1) is 16.5. The average Bonchev–Trinajstić information content (AvgIpc) is 2.93. The molecule has 0 saturated heterocycles. The Morgan fingerprint density at radius 3 is 2.73 bits per heavy atom. The van der Waals surface area contributed by atoms with Crippen LogP contribution in [0.3, 0.4) is 0 Å². The van der Waals surface area contributed by atoms with Gasteiger partial charge in [0.05, 0.1) is 6.20 Å². The van der Waals surface area contributed by atoms with Crippen LogP contribution in [0.5, 0.6) is 0 Å². The van der Waals surface area contributed by atoms with Gasteiger partial charge >= 0.3 is 0 Å². The minimum absolute atomic E-state index is 0.0120. The van der Waals surface area contributed by atoms with Gasteiger partial charge in [-0.15, -0.1) is 0 Å². The van der Waals surface area contributed by atoms with Crippen molar-refractivity contribution in [3.8, 4) is 0 Å². The topological polar surface area (TPSA) is 50.2 Å². The number of carbonyl (C=O) groups is 1. The lowest BCUT2D eigenvalue weighted by Gasteiger charge is -2.26. The molecule has 2 aromatic rings. The zero-order valence-electron chi connectivity index (χ0n) is 13.1. The van der Waals surface area contributed by atoms with Crippen molar-refractivity contribution in [2.45, 2.75) is 19.5 Å². The number of nitrogens with zero attached hydrogens (tertiary/aromatic N) is 3. The molecule has 1 unspecified atom stereocenters. The Hall–Kier alpha value is -1.85. The Kier molecular flexibility index (Phi) is 5.57. The highest BCUT2D eigenvalue weighted by molar-refractivity contribution is 6.31. The zero-order valence-corrected chi connectivity index (χ0v) is 13.8. The molecule has 0 fully saturated rings. The summed E-state index contributed by atoms with van der Waals surface area (Å²) in [6.07, 6.45) is 3.56. The largest absolute Gasteiger partial charge is 0.337 e. The molecule has 2 rings (SSSR count). The number of hydrogen-bond acceptors (Lipinski definition) is 3. The van der Waals surface area contributed by atoms with E-state index in [4.69, 9.17) is 11.6 Å². The first-order chi connectivity index (χ1) is 10.6. The van der Waals surface area contributed by atoms with Gasteiger partial charge in [0.15, 0.2) is 0 Å². The van der Waals surface area contributed by atoms with E-state index in [2.05, 4.69) is 10.4 Å². The van der Waals surface area contributed by atoms with E-state index in [1.165, 1.54) is 0 Å². The first-order valence-electron chi connectivity index (χ1n) is 7.24. The van der Waals surface area contributed by atoms with Crippen molar-refractivity contribution in [2.75, 3.05) is 13.6 Å². The summed E-state index contributed by atoms with van der Waals surface area (Å²) in [5.74, 6) is 0.0120. The monoisotopic (exact) mass is 320 g/mol. The van der Waals surface area contributed by atoms with Crippen LogP contribution in [0.1, 0.15) is 24.1 Å². The Labute approximate surface area is 135 Å². The first-order valence-corrected chi connectivity index (χ1v) is 7.62. The summed E-state index contributed by atoms with van der Waals surface area (Å²) in [5, 5.41) is 7.88. The fraction of sp³-hybridized carbons (Fsp3) is 0.375. The van der Waals surface area contributed by atoms with Crippen LogP contribution >= 0.6 is 11.6 Å². The van der Waals surface area contributed by atoms with Crippen LogP contribution in [0, 0.1) is 0 Å². The number of hydrogen-bond donors (Lipinski definition) is 1. The van der Waals surface area contributed by atoms with Crippen molar-refractivity contribution >= 4 is 17.5 Å². The van der Waals surface area contributed by atoms with Crippen LogP contribution in [0.2, 0.25) is 5.02 Å². The van der Waals surface area contributed by atoms with Gasteiger partial charge in [0.1, 0.15) is 6.04 Å². The van der Waals surface area contributed by atoms with Crippen LogP contribution in [0.15, 0.2) is 36.7 Å².